The lowest BCUT2D eigenvalue weighted by atomic mass is 10.3. The number of nitrogens with one attached hydrogen (secondary N) is 2. The van der Waals surface area contributed by atoms with Gasteiger partial charge in [0.05, 0.1) is 22.5 Å². The first kappa shape index (κ1) is 18.7. The normalized spacial score (nSPS) is 13.0. The maximum Gasteiger partial charge on any atom is 0.236 e. The van der Waals surface area contributed by atoms with E-state index in [9.17, 15) is 8.42 Å². The summed E-state index contributed by atoms with van der Waals surface area (Å²) in [4.78, 5) is 0. The molecule has 0 aliphatic rings. The monoisotopic (exact) mass is 442 g/mol. The van der Waals surface area contributed by atoms with Crippen molar-refractivity contribution >= 4 is 47.6 Å². The zero-order valence-electron chi connectivity index (χ0n) is 12.2. The fourth-order valence-corrected chi connectivity index (χ4v) is 4.01. The summed E-state index contributed by atoms with van der Waals surface area (Å²) in [5.41, 5.74) is 0.456. The lowest BCUT2D eigenvalue weighted by Gasteiger charge is -2.17. The average Bonchev–Trinajstić information content (AvgIpc) is 2.41. The zero-order chi connectivity index (χ0) is 16.0. The molecule has 1 atom stereocenters. The lowest BCUT2D eigenvalue weighted by molar-refractivity contribution is 0.412. The van der Waals surface area contributed by atoms with Crippen LogP contribution in [0.5, 0.6) is 5.75 Å². The van der Waals surface area contributed by atoms with Crippen molar-refractivity contribution < 1.29 is 13.2 Å². The van der Waals surface area contributed by atoms with E-state index in [1.807, 2.05) is 6.92 Å². The summed E-state index contributed by atoms with van der Waals surface area (Å²) >= 11 is 6.70. The van der Waals surface area contributed by atoms with Gasteiger partial charge in [-0.1, -0.05) is 6.92 Å². The van der Waals surface area contributed by atoms with Crippen LogP contribution in [-0.2, 0) is 10.0 Å². The number of hydrogen-bond donors (Lipinski definition) is 2. The summed E-state index contributed by atoms with van der Waals surface area (Å²) < 4.78 is 33.8. The molecule has 0 aliphatic carbocycles. The second-order valence-electron chi connectivity index (χ2n) is 4.63. The number of benzene rings is 1. The number of hydrogen-bond acceptors (Lipinski definition) is 4. The molecule has 2 N–H and O–H groups in total. The highest BCUT2D eigenvalue weighted by atomic mass is 79.9. The van der Waals surface area contributed by atoms with E-state index in [0.29, 0.717) is 22.5 Å². The van der Waals surface area contributed by atoms with Gasteiger partial charge < -0.3 is 10.1 Å². The van der Waals surface area contributed by atoms with Crippen molar-refractivity contribution in [3.63, 3.8) is 0 Å². The Kier molecular flexibility index (Phi) is 7.46. The number of rotatable bonds is 8. The fourth-order valence-electron chi connectivity index (χ4n) is 1.61. The molecule has 0 fully saturated rings. The zero-order valence-corrected chi connectivity index (χ0v) is 16.2. The number of anilines is 1. The molecule has 0 aliphatic heterocycles. The van der Waals surface area contributed by atoms with Gasteiger partial charge in [-0.2, -0.15) is 0 Å². The fraction of sp³-hybridized carbons (Fsp3) is 0.538. The van der Waals surface area contributed by atoms with Crippen molar-refractivity contribution in [2.75, 3.05) is 24.9 Å². The Bertz CT molecular complexity index is 579. The Morgan fingerprint density at radius 1 is 1.29 bits per heavy atom. The van der Waals surface area contributed by atoms with Gasteiger partial charge in [-0.05, 0) is 57.8 Å². The van der Waals surface area contributed by atoms with E-state index >= 15 is 0 Å². The van der Waals surface area contributed by atoms with Crippen LogP contribution in [0.2, 0.25) is 0 Å². The molecule has 0 heterocycles. The van der Waals surface area contributed by atoms with Gasteiger partial charge in [0.2, 0.25) is 10.0 Å². The Morgan fingerprint density at radius 3 is 2.52 bits per heavy atom. The molecule has 0 amide bonds. The van der Waals surface area contributed by atoms with E-state index in [1.165, 1.54) is 7.11 Å². The Hall–Kier alpha value is -0.310. The van der Waals surface area contributed by atoms with Gasteiger partial charge in [-0.25, -0.2) is 8.42 Å². The molecule has 0 saturated carbocycles. The summed E-state index contributed by atoms with van der Waals surface area (Å²) in [7, 11) is -1.94. The Balaban J connectivity index is 2.88. The standard InChI is InChI=1S/C13H20Br2N2O3S/c1-4-5-16-8-9(2)21(18,19)17-12-7-13(20-3)11(15)6-10(12)14/h6-7,9,16-17H,4-5,8H2,1-3H3. The lowest BCUT2D eigenvalue weighted by Crippen LogP contribution is -2.35. The van der Waals surface area contributed by atoms with Gasteiger partial charge in [-0.3, -0.25) is 4.72 Å². The Morgan fingerprint density at radius 2 is 1.95 bits per heavy atom. The molecule has 1 aromatic rings. The van der Waals surface area contributed by atoms with Crippen LogP contribution < -0.4 is 14.8 Å². The average molecular weight is 444 g/mol. The van der Waals surface area contributed by atoms with Gasteiger partial charge >= 0.3 is 0 Å². The van der Waals surface area contributed by atoms with Gasteiger partial charge in [-0.15, -0.1) is 0 Å². The van der Waals surface area contributed by atoms with Gasteiger partial charge in [0.15, 0.2) is 0 Å². The van der Waals surface area contributed by atoms with Crippen LogP contribution in [-0.4, -0.2) is 33.9 Å². The van der Waals surface area contributed by atoms with Crippen LogP contribution in [0.25, 0.3) is 0 Å². The minimum absolute atomic E-state index is 0.411. The van der Waals surface area contributed by atoms with Crippen LogP contribution in [0.15, 0.2) is 21.1 Å². The molecule has 0 saturated heterocycles. The molecule has 120 valence electrons. The molecule has 8 heteroatoms. The van der Waals surface area contributed by atoms with E-state index in [-0.39, 0.29) is 0 Å². The van der Waals surface area contributed by atoms with Crippen LogP contribution in [0.1, 0.15) is 20.3 Å². The van der Waals surface area contributed by atoms with Crippen LogP contribution in [0, 0.1) is 0 Å². The second kappa shape index (κ2) is 8.36. The van der Waals surface area contributed by atoms with E-state index < -0.39 is 15.3 Å². The molecule has 0 radical (unpaired) electrons. The SMILES string of the molecule is CCCNCC(C)S(=O)(=O)Nc1cc(OC)c(Br)cc1Br. The van der Waals surface area contributed by atoms with E-state index in [1.54, 1.807) is 19.1 Å². The smallest absolute Gasteiger partial charge is 0.236 e. The van der Waals surface area contributed by atoms with Crippen molar-refractivity contribution in [1.82, 2.24) is 5.32 Å². The van der Waals surface area contributed by atoms with Gasteiger partial charge in [0.1, 0.15) is 5.75 Å². The molecule has 0 aromatic heterocycles. The Labute approximate surface area is 143 Å². The number of ether oxygens (including phenoxy) is 1. The van der Waals surface area contributed by atoms with Crippen LogP contribution in [0.3, 0.4) is 0 Å². The summed E-state index contributed by atoms with van der Waals surface area (Å²) in [6, 6.07) is 3.38. The first-order chi connectivity index (χ1) is 9.81. The van der Waals surface area contributed by atoms with E-state index in [2.05, 4.69) is 41.9 Å². The third-order valence-electron chi connectivity index (χ3n) is 2.88. The molecule has 1 aromatic carbocycles. The van der Waals surface area contributed by atoms with Crippen molar-refractivity contribution in [2.45, 2.75) is 25.5 Å². The first-order valence-corrected chi connectivity index (χ1v) is 9.70. The maximum absolute atomic E-state index is 12.3. The molecule has 1 unspecified atom stereocenters. The van der Waals surface area contributed by atoms with Crippen molar-refractivity contribution in [1.29, 1.82) is 0 Å². The van der Waals surface area contributed by atoms with Gasteiger partial charge in [0, 0.05) is 17.1 Å². The third-order valence-corrected chi connectivity index (χ3v) is 5.89. The van der Waals surface area contributed by atoms with Gasteiger partial charge in [0.25, 0.3) is 0 Å². The highest BCUT2D eigenvalue weighted by Crippen LogP contribution is 2.35. The van der Waals surface area contributed by atoms with E-state index in [0.717, 1.165) is 17.4 Å². The molecule has 1 rings (SSSR count). The molecule has 21 heavy (non-hydrogen) atoms. The summed E-state index contributed by atoms with van der Waals surface area (Å²) in [5, 5.41) is 2.57. The summed E-state index contributed by atoms with van der Waals surface area (Å²) in [6.07, 6.45) is 0.968. The van der Waals surface area contributed by atoms with Crippen LogP contribution in [0.4, 0.5) is 5.69 Å². The highest BCUT2D eigenvalue weighted by molar-refractivity contribution is 9.11. The minimum Gasteiger partial charge on any atom is -0.495 e. The molecule has 5 nitrogen and oxygen atoms in total. The minimum atomic E-state index is -3.47. The number of sulfonamides is 1. The third kappa shape index (κ3) is 5.43. The molecular weight excluding hydrogens is 424 g/mol. The molecule has 0 spiro atoms. The van der Waals surface area contributed by atoms with Crippen LogP contribution >= 0.6 is 31.9 Å². The maximum atomic E-state index is 12.3. The summed E-state index contributed by atoms with van der Waals surface area (Å²) in [6.45, 7) is 4.93. The van der Waals surface area contributed by atoms with Crippen molar-refractivity contribution in [3.8, 4) is 5.75 Å². The number of methoxy groups -OCH3 is 1. The quantitative estimate of drug-likeness (QED) is 0.604. The van der Waals surface area contributed by atoms with Crippen molar-refractivity contribution in [2.24, 2.45) is 0 Å². The summed E-state index contributed by atoms with van der Waals surface area (Å²) in [5.74, 6) is 0.563. The number of halogens is 2. The predicted molar refractivity (Wildman–Crippen MR) is 93.6 cm³/mol. The largest absolute Gasteiger partial charge is 0.495 e. The van der Waals surface area contributed by atoms with Crippen molar-refractivity contribution in [3.05, 3.63) is 21.1 Å². The second-order valence-corrected chi connectivity index (χ2v) is 8.44. The highest BCUT2D eigenvalue weighted by Gasteiger charge is 2.22. The predicted octanol–water partition coefficient (Wildman–Crippen LogP) is 3.35. The molecule has 0 bridgehead atoms. The molecular formula is C13H20Br2N2O3S. The first-order valence-electron chi connectivity index (χ1n) is 6.57. The topological polar surface area (TPSA) is 67.4 Å². The van der Waals surface area contributed by atoms with E-state index in [4.69, 9.17) is 4.74 Å².